The zero-order valence-corrected chi connectivity index (χ0v) is 24.5. The Morgan fingerprint density at radius 1 is 1.26 bits per heavy atom. The van der Waals surface area contributed by atoms with E-state index in [2.05, 4.69) is 15.0 Å². The Bertz CT molecular complexity index is 2120. The number of benzene rings is 2. The Hall–Kier alpha value is -4.41. The van der Waals surface area contributed by atoms with Crippen LogP contribution in [0, 0.1) is 17.1 Å². The van der Waals surface area contributed by atoms with Gasteiger partial charge in [-0.05, 0) is 49.4 Å². The molecule has 0 unspecified atom stereocenters. The molecule has 13 heteroatoms. The fraction of sp³-hybridized carbons (Fsp3) is 0.455. The van der Waals surface area contributed by atoms with Crippen LogP contribution in [0.2, 0.25) is 0 Å². The van der Waals surface area contributed by atoms with Crippen LogP contribution in [0.3, 0.4) is 0 Å². The molecule has 5 atom stereocenters. The first-order valence-corrected chi connectivity index (χ1v) is 15.1. The van der Waals surface area contributed by atoms with Crippen LogP contribution < -0.4 is 20.1 Å². The van der Waals surface area contributed by atoms with Crippen molar-refractivity contribution in [2.75, 3.05) is 50.5 Å². The highest BCUT2D eigenvalue weighted by Gasteiger charge is 2.58. The van der Waals surface area contributed by atoms with Crippen molar-refractivity contribution < 1.29 is 34.2 Å². The SMILES string of the molecule is [2H]C([2H])([2H])Oc1c(C#N)ccc2cc(N)cc(-c3ncc4c(N5CCCO[C@H]6[C@H](F)[C@H]65)nc(OC([2H])([2H])[C@@]56CCCN5C[C@H](F)C6)nc4c3F)c12. The fourth-order valence-electron chi connectivity index (χ4n) is 7.34. The predicted molar refractivity (Wildman–Crippen MR) is 165 cm³/mol. The number of nitriles is 1. The van der Waals surface area contributed by atoms with Gasteiger partial charge >= 0.3 is 6.01 Å². The summed E-state index contributed by atoms with van der Waals surface area (Å²) in [6, 6.07) is 6.38. The third-order valence-corrected chi connectivity index (χ3v) is 9.47. The molecule has 1 saturated carbocycles. The van der Waals surface area contributed by atoms with Gasteiger partial charge in [-0.1, -0.05) is 6.07 Å². The van der Waals surface area contributed by atoms with E-state index in [0.29, 0.717) is 37.8 Å². The van der Waals surface area contributed by atoms with Crippen molar-refractivity contribution in [1.82, 2.24) is 19.9 Å². The van der Waals surface area contributed by atoms with E-state index in [-0.39, 0.29) is 69.9 Å². The summed E-state index contributed by atoms with van der Waals surface area (Å²) in [4.78, 5) is 16.6. The Morgan fingerprint density at radius 2 is 2.15 bits per heavy atom. The van der Waals surface area contributed by atoms with Gasteiger partial charge in [-0.2, -0.15) is 15.2 Å². The minimum Gasteiger partial charge on any atom is -0.495 e. The standard InChI is InChI=1S/C33H32F3N7O3/c1-44-29-18(13-37)5-4-17-10-20(38)11-21(23(17)29)26-24(35)27-22(14-39-26)31(43-8-3-9-45-30-25(36)28(30)43)41-32(40-27)46-16-33-6-2-7-42(33)15-19(34)12-33/h4-5,10-11,14,19,25,28,30H,2-3,6-9,12,15-16,38H2,1H3/t19-,25-,28-,30+,33+/m1/s1/i1D3,16D2. The van der Waals surface area contributed by atoms with Gasteiger partial charge in [0.1, 0.15) is 47.7 Å². The normalized spacial score (nSPS) is 29.5. The summed E-state index contributed by atoms with van der Waals surface area (Å²) in [5.41, 5.74) is 4.26. The maximum Gasteiger partial charge on any atom is 0.319 e. The Labute approximate surface area is 269 Å². The largest absolute Gasteiger partial charge is 0.495 e. The molecular formula is C33H32F3N7O3. The smallest absolute Gasteiger partial charge is 0.319 e. The van der Waals surface area contributed by atoms with Crippen molar-refractivity contribution in [3.63, 3.8) is 0 Å². The second kappa shape index (κ2) is 10.8. The van der Waals surface area contributed by atoms with Gasteiger partial charge in [-0.15, -0.1) is 0 Å². The average Bonchev–Trinajstić information content (AvgIpc) is 3.42. The summed E-state index contributed by atoms with van der Waals surface area (Å²) < 4.78 is 105. The summed E-state index contributed by atoms with van der Waals surface area (Å²) in [6.07, 6.45) is -0.710. The van der Waals surface area contributed by atoms with Crippen LogP contribution in [0.15, 0.2) is 30.5 Å². The number of nitrogen functional groups attached to an aromatic ring is 1. The number of aromatic nitrogens is 3. The number of alkyl halides is 2. The van der Waals surface area contributed by atoms with Crippen LogP contribution in [0.1, 0.15) is 38.1 Å². The zero-order chi connectivity index (χ0) is 36.0. The van der Waals surface area contributed by atoms with Crippen molar-refractivity contribution in [2.45, 2.75) is 55.7 Å². The van der Waals surface area contributed by atoms with Crippen molar-refractivity contribution >= 4 is 33.2 Å². The van der Waals surface area contributed by atoms with Crippen LogP contribution in [0.4, 0.5) is 24.7 Å². The topological polar surface area (TPSA) is 123 Å². The first-order chi connectivity index (χ1) is 24.2. The molecule has 0 radical (unpaired) electrons. The molecule has 1 aliphatic carbocycles. The molecule has 2 aromatic carbocycles. The predicted octanol–water partition coefficient (Wildman–Crippen LogP) is 4.72. The van der Waals surface area contributed by atoms with Gasteiger partial charge in [0, 0.05) is 49.0 Å². The maximum absolute atomic E-state index is 17.1. The molecule has 2 aromatic heterocycles. The van der Waals surface area contributed by atoms with Crippen LogP contribution in [0.5, 0.6) is 11.8 Å². The van der Waals surface area contributed by atoms with Gasteiger partial charge in [0.2, 0.25) is 0 Å². The summed E-state index contributed by atoms with van der Waals surface area (Å²) in [6.45, 7) is -1.40. The minimum atomic E-state index is -2.97. The van der Waals surface area contributed by atoms with E-state index in [1.165, 1.54) is 30.5 Å². The lowest BCUT2D eigenvalue weighted by atomic mass is 9.95. The molecule has 46 heavy (non-hydrogen) atoms. The molecule has 10 nitrogen and oxygen atoms in total. The van der Waals surface area contributed by atoms with Gasteiger partial charge < -0.3 is 24.8 Å². The minimum absolute atomic E-state index is 0.00612. The van der Waals surface area contributed by atoms with Crippen LogP contribution in [-0.2, 0) is 4.74 Å². The number of nitrogens with zero attached hydrogens (tertiary/aromatic N) is 6. The molecular weight excluding hydrogens is 599 g/mol. The third kappa shape index (κ3) is 4.49. The highest BCUT2D eigenvalue weighted by Crippen LogP contribution is 2.45. The molecule has 4 fully saturated rings. The highest BCUT2D eigenvalue weighted by atomic mass is 19.1. The van der Waals surface area contributed by atoms with E-state index in [9.17, 15) is 9.65 Å². The maximum atomic E-state index is 17.1. The van der Waals surface area contributed by atoms with Gasteiger partial charge in [0.25, 0.3) is 0 Å². The van der Waals surface area contributed by atoms with Gasteiger partial charge in [-0.3, -0.25) is 9.88 Å². The lowest BCUT2D eigenvalue weighted by molar-refractivity contribution is 0.105. The molecule has 5 heterocycles. The average molecular weight is 637 g/mol. The summed E-state index contributed by atoms with van der Waals surface area (Å²) in [5, 5.41) is 10.3. The first-order valence-electron chi connectivity index (χ1n) is 17.6. The zero-order valence-electron chi connectivity index (χ0n) is 29.5. The summed E-state index contributed by atoms with van der Waals surface area (Å²) in [5.74, 6) is -1.31. The number of methoxy groups -OCH3 is 1. The van der Waals surface area contributed by atoms with Gasteiger partial charge in [-0.25, -0.2) is 13.2 Å². The highest BCUT2D eigenvalue weighted by molar-refractivity contribution is 6.05. The molecule has 3 saturated heterocycles. The summed E-state index contributed by atoms with van der Waals surface area (Å²) in [7, 11) is -2.97. The van der Waals surface area contributed by atoms with Crippen LogP contribution >= 0.6 is 0 Å². The summed E-state index contributed by atoms with van der Waals surface area (Å²) >= 11 is 0. The number of rotatable bonds is 6. The number of anilines is 2. The Kier molecular flexibility index (Phi) is 5.63. The quantitative estimate of drug-likeness (QED) is 0.298. The van der Waals surface area contributed by atoms with E-state index in [1.54, 1.807) is 9.80 Å². The van der Waals surface area contributed by atoms with E-state index in [0.717, 1.165) is 0 Å². The number of pyridine rings is 1. The van der Waals surface area contributed by atoms with Gasteiger partial charge in [0.15, 0.2) is 12.0 Å². The number of hydrogen-bond donors (Lipinski definition) is 1. The van der Waals surface area contributed by atoms with E-state index >= 15 is 8.78 Å². The number of fused-ring (bicyclic) bond motifs is 4. The first kappa shape index (κ1) is 23.9. The monoisotopic (exact) mass is 636 g/mol. The Morgan fingerprint density at radius 3 is 3.00 bits per heavy atom. The van der Waals surface area contributed by atoms with Crippen LogP contribution in [0.25, 0.3) is 32.9 Å². The fourth-order valence-corrected chi connectivity index (χ4v) is 7.34. The molecule has 3 aliphatic heterocycles. The Balaban J connectivity index is 1.33. The molecule has 8 rings (SSSR count). The molecule has 2 N–H and O–H groups in total. The van der Waals surface area contributed by atoms with Gasteiger partial charge in [0.05, 0.1) is 36.4 Å². The van der Waals surface area contributed by atoms with Crippen molar-refractivity contribution in [1.29, 1.82) is 5.26 Å². The van der Waals surface area contributed by atoms with E-state index < -0.39 is 55.5 Å². The molecule has 0 bridgehead atoms. The molecule has 238 valence electrons. The van der Waals surface area contributed by atoms with Crippen LogP contribution in [-0.4, -0.2) is 89.7 Å². The van der Waals surface area contributed by atoms with Crippen molar-refractivity contribution in [3.05, 3.63) is 41.8 Å². The number of ether oxygens (including phenoxy) is 3. The molecule has 4 aromatic rings. The lowest BCUT2D eigenvalue weighted by Gasteiger charge is -2.31. The second-order valence-corrected chi connectivity index (χ2v) is 12.2. The second-order valence-electron chi connectivity index (χ2n) is 12.2. The molecule has 4 aliphatic rings. The molecule has 0 spiro atoms. The third-order valence-electron chi connectivity index (χ3n) is 9.47. The number of halogens is 3. The van der Waals surface area contributed by atoms with Crippen molar-refractivity contribution in [2.24, 2.45) is 0 Å². The molecule has 0 amide bonds. The van der Waals surface area contributed by atoms with E-state index in [4.69, 9.17) is 26.8 Å². The number of hydrogen-bond acceptors (Lipinski definition) is 10. The van der Waals surface area contributed by atoms with E-state index in [1.807, 2.05) is 6.07 Å². The van der Waals surface area contributed by atoms with Crippen molar-refractivity contribution in [3.8, 4) is 29.1 Å². The lowest BCUT2D eigenvalue weighted by Crippen LogP contribution is -2.43. The number of nitrogens with two attached hydrogens (primary N) is 1.